The van der Waals surface area contributed by atoms with Crippen molar-refractivity contribution in [1.82, 2.24) is 10.3 Å². The minimum Gasteiger partial charge on any atom is -0.492 e. The molecule has 1 atom stereocenters. The number of aromatic nitrogens is 1. The number of fused-ring (bicyclic) bond motifs is 1. The van der Waals surface area contributed by atoms with Crippen LogP contribution in [0.4, 0.5) is 0 Å². The average molecular weight is 232 g/mol. The van der Waals surface area contributed by atoms with Gasteiger partial charge in [-0.3, -0.25) is 0 Å². The summed E-state index contributed by atoms with van der Waals surface area (Å²) in [5, 5.41) is 3.46. The summed E-state index contributed by atoms with van der Waals surface area (Å²) in [6.07, 6.45) is 5.23. The van der Waals surface area contributed by atoms with Crippen molar-refractivity contribution < 1.29 is 9.15 Å². The van der Waals surface area contributed by atoms with Gasteiger partial charge >= 0.3 is 0 Å². The van der Waals surface area contributed by atoms with Gasteiger partial charge in [0.1, 0.15) is 17.9 Å². The normalized spacial score (nSPS) is 20.6. The van der Waals surface area contributed by atoms with E-state index in [1.54, 1.807) is 0 Å². The lowest BCUT2D eigenvalue weighted by Gasteiger charge is -2.23. The molecule has 0 spiro atoms. The third-order valence-corrected chi connectivity index (χ3v) is 3.17. The van der Waals surface area contributed by atoms with E-state index < -0.39 is 0 Å². The Labute approximate surface area is 100.0 Å². The summed E-state index contributed by atoms with van der Waals surface area (Å²) < 4.78 is 11.0. The summed E-state index contributed by atoms with van der Waals surface area (Å²) in [6, 6.07) is 6.23. The maximum Gasteiger partial charge on any atom is 0.181 e. The van der Waals surface area contributed by atoms with Gasteiger partial charge in [0.25, 0.3) is 0 Å². The highest BCUT2D eigenvalue weighted by atomic mass is 16.5. The summed E-state index contributed by atoms with van der Waals surface area (Å²) in [6.45, 7) is 1.83. The number of oxazole rings is 1. The molecule has 2 aromatic rings. The maximum absolute atomic E-state index is 5.77. The Morgan fingerprint density at radius 2 is 2.41 bits per heavy atom. The van der Waals surface area contributed by atoms with Crippen LogP contribution in [0.15, 0.2) is 29.0 Å². The molecule has 1 aliphatic heterocycles. The van der Waals surface area contributed by atoms with E-state index in [1.807, 2.05) is 18.2 Å². The van der Waals surface area contributed by atoms with Gasteiger partial charge in [-0.05, 0) is 31.5 Å². The van der Waals surface area contributed by atoms with E-state index in [0.29, 0.717) is 6.04 Å². The van der Waals surface area contributed by atoms with Crippen LogP contribution in [0.3, 0.4) is 0 Å². The summed E-state index contributed by atoms with van der Waals surface area (Å²) >= 11 is 0. The number of piperidine rings is 1. The SMILES string of the molecule is c1nc2ccc(OCC3CCCCN3)cc2o1. The largest absolute Gasteiger partial charge is 0.492 e. The fourth-order valence-corrected chi connectivity index (χ4v) is 2.19. The molecule has 1 aromatic heterocycles. The van der Waals surface area contributed by atoms with Crippen LogP contribution in [0.2, 0.25) is 0 Å². The van der Waals surface area contributed by atoms with Crippen molar-refractivity contribution in [3.63, 3.8) is 0 Å². The van der Waals surface area contributed by atoms with Crippen molar-refractivity contribution in [1.29, 1.82) is 0 Å². The van der Waals surface area contributed by atoms with Gasteiger partial charge in [0, 0.05) is 12.1 Å². The lowest BCUT2D eigenvalue weighted by Crippen LogP contribution is -2.38. The molecule has 0 amide bonds. The highest BCUT2D eigenvalue weighted by Crippen LogP contribution is 2.20. The van der Waals surface area contributed by atoms with Crippen LogP contribution in [0.1, 0.15) is 19.3 Å². The lowest BCUT2D eigenvalue weighted by atomic mass is 10.1. The number of benzene rings is 1. The van der Waals surface area contributed by atoms with E-state index in [4.69, 9.17) is 9.15 Å². The monoisotopic (exact) mass is 232 g/mol. The highest BCUT2D eigenvalue weighted by Gasteiger charge is 2.13. The van der Waals surface area contributed by atoms with Gasteiger partial charge in [-0.1, -0.05) is 6.42 Å². The van der Waals surface area contributed by atoms with Gasteiger partial charge in [0.2, 0.25) is 0 Å². The zero-order valence-corrected chi connectivity index (χ0v) is 9.69. The Bertz CT molecular complexity index is 489. The van der Waals surface area contributed by atoms with Crippen LogP contribution in [-0.2, 0) is 0 Å². The smallest absolute Gasteiger partial charge is 0.181 e. The molecule has 90 valence electrons. The van der Waals surface area contributed by atoms with Crippen LogP contribution in [0, 0.1) is 0 Å². The second-order valence-corrected chi connectivity index (χ2v) is 4.44. The zero-order valence-electron chi connectivity index (χ0n) is 9.69. The van der Waals surface area contributed by atoms with Gasteiger partial charge < -0.3 is 14.5 Å². The lowest BCUT2D eigenvalue weighted by molar-refractivity contribution is 0.239. The number of nitrogens with one attached hydrogen (secondary N) is 1. The van der Waals surface area contributed by atoms with Gasteiger partial charge in [-0.15, -0.1) is 0 Å². The van der Waals surface area contributed by atoms with Crippen molar-refractivity contribution in [3.8, 4) is 5.75 Å². The molecule has 3 rings (SSSR count). The molecule has 17 heavy (non-hydrogen) atoms. The van der Waals surface area contributed by atoms with Gasteiger partial charge in [0.15, 0.2) is 12.0 Å². The predicted octanol–water partition coefficient (Wildman–Crippen LogP) is 2.35. The molecule has 0 saturated carbocycles. The number of rotatable bonds is 3. The maximum atomic E-state index is 5.77. The predicted molar refractivity (Wildman–Crippen MR) is 65.1 cm³/mol. The minimum atomic E-state index is 0.481. The molecule has 4 heteroatoms. The van der Waals surface area contributed by atoms with Crippen molar-refractivity contribution >= 4 is 11.1 Å². The second-order valence-electron chi connectivity index (χ2n) is 4.44. The Morgan fingerprint density at radius 3 is 3.29 bits per heavy atom. The van der Waals surface area contributed by atoms with E-state index in [0.717, 1.165) is 30.0 Å². The summed E-state index contributed by atoms with van der Waals surface area (Å²) in [5.41, 5.74) is 1.65. The molecule has 1 aliphatic rings. The third kappa shape index (κ3) is 2.42. The number of hydrogen-bond acceptors (Lipinski definition) is 4. The van der Waals surface area contributed by atoms with E-state index in [1.165, 1.54) is 25.7 Å². The van der Waals surface area contributed by atoms with E-state index >= 15 is 0 Å². The van der Waals surface area contributed by atoms with Gasteiger partial charge in [-0.2, -0.15) is 0 Å². The molecule has 0 aliphatic carbocycles. The zero-order chi connectivity index (χ0) is 11.5. The van der Waals surface area contributed by atoms with Crippen molar-refractivity contribution in [2.45, 2.75) is 25.3 Å². The molecule has 2 heterocycles. The van der Waals surface area contributed by atoms with E-state index in [-0.39, 0.29) is 0 Å². The van der Waals surface area contributed by atoms with E-state index in [2.05, 4.69) is 10.3 Å². The van der Waals surface area contributed by atoms with Crippen molar-refractivity contribution in [3.05, 3.63) is 24.6 Å². The Kier molecular flexibility index (Phi) is 2.96. The summed E-state index contributed by atoms with van der Waals surface area (Å²) in [4.78, 5) is 4.08. The standard InChI is InChI=1S/C13H16N2O2/c1-2-6-14-10(3-1)8-16-11-4-5-12-13(7-11)17-9-15-12/h4-5,7,9-10,14H,1-3,6,8H2. The van der Waals surface area contributed by atoms with Crippen LogP contribution in [0.25, 0.3) is 11.1 Å². The molecule has 0 radical (unpaired) electrons. The van der Waals surface area contributed by atoms with Crippen LogP contribution < -0.4 is 10.1 Å². The molecule has 4 nitrogen and oxygen atoms in total. The number of ether oxygens (including phenoxy) is 1. The molecule has 1 N–H and O–H groups in total. The van der Waals surface area contributed by atoms with Crippen LogP contribution >= 0.6 is 0 Å². The first-order chi connectivity index (χ1) is 8.42. The van der Waals surface area contributed by atoms with Crippen LogP contribution in [-0.4, -0.2) is 24.2 Å². The Balaban J connectivity index is 1.63. The highest BCUT2D eigenvalue weighted by molar-refractivity contribution is 5.73. The molecular weight excluding hydrogens is 216 g/mol. The van der Waals surface area contributed by atoms with Crippen molar-refractivity contribution in [2.75, 3.05) is 13.2 Å². The fraction of sp³-hybridized carbons (Fsp3) is 0.462. The molecule has 1 saturated heterocycles. The third-order valence-electron chi connectivity index (χ3n) is 3.17. The number of nitrogens with zero attached hydrogens (tertiary/aromatic N) is 1. The first-order valence-corrected chi connectivity index (χ1v) is 6.11. The second kappa shape index (κ2) is 4.75. The summed E-state index contributed by atoms with van der Waals surface area (Å²) in [7, 11) is 0. The molecular formula is C13H16N2O2. The molecule has 1 aromatic carbocycles. The van der Waals surface area contributed by atoms with Gasteiger partial charge in [-0.25, -0.2) is 4.98 Å². The average Bonchev–Trinajstić information content (AvgIpc) is 2.85. The first kappa shape index (κ1) is 10.6. The quantitative estimate of drug-likeness (QED) is 0.882. The van der Waals surface area contributed by atoms with E-state index in [9.17, 15) is 0 Å². The molecule has 1 unspecified atom stereocenters. The fourth-order valence-electron chi connectivity index (χ4n) is 2.19. The Hall–Kier alpha value is -1.55. The minimum absolute atomic E-state index is 0.481. The number of hydrogen-bond donors (Lipinski definition) is 1. The molecule has 0 bridgehead atoms. The van der Waals surface area contributed by atoms with Crippen LogP contribution in [0.5, 0.6) is 5.75 Å². The first-order valence-electron chi connectivity index (χ1n) is 6.11. The topological polar surface area (TPSA) is 47.3 Å². The van der Waals surface area contributed by atoms with Crippen molar-refractivity contribution in [2.24, 2.45) is 0 Å². The Morgan fingerprint density at radius 1 is 1.41 bits per heavy atom. The van der Waals surface area contributed by atoms with Gasteiger partial charge in [0.05, 0.1) is 0 Å². The molecule has 1 fully saturated rings. The summed E-state index contributed by atoms with van der Waals surface area (Å²) in [5.74, 6) is 0.849.